The van der Waals surface area contributed by atoms with Gasteiger partial charge in [-0.2, -0.15) is 0 Å². The molecule has 1 unspecified atom stereocenters. The maximum Gasteiger partial charge on any atom is 0.170 e. The number of fused-ring (bicyclic) bond motifs is 1. The van der Waals surface area contributed by atoms with Crippen LogP contribution in [-0.2, 0) is 11.2 Å². The fourth-order valence-electron chi connectivity index (χ4n) is 1.55. The Morgan fingerprint density at radius 3 is 2.93 bits per heavy atom. The van der Waals surface area contributed by atoms with Crippen molar-refractivity contribution in [2.24, 2.45) is 0 Å². The average molecular weight is 195 g/mol. The molecule has 4 heteroatoms. The number of benzene rings is 1. The van der Waals surface area contributed by atoms with Gasteiger partial charge in [-0.1, -0.05) is 0 Å². The minimum atomic E-state index is -0.579. The highest BCUT2D eigenvalue weighted by molar-refractivity contribution is 5.82. The number of nitrogens with two attached hydrogens (primary N) is 1. The Labute approximate surface area is 80.7 Å². The molecular formula is C10H10FNO2. The van der Waals surface area contributed by atoms with E-state index in [0.717, 1.165) is 0 Å². The zero-order valence-electron chi connectivity index (χ0n) is 7.71. The van der Waals surface area contributed by atoms with Crippen LogP contribution < -0.4 is 10.5 Å². The van der Waals surface area contributed by atoms with Gasteiger partial charge in [0.05, 0.1) is 0 Å². The van der Waals surface area contributed by atoms with E-state index < -0.39 is 11.9 Å². The van der Waals surface area contributed by atoms with Crippen molar-refractivity contribution >= 4 is 11.5 Å². The molecule has 14 heavy (non-hydrogen) atoms. The van der Waals surface area contributed by atoms with Crippen LogP contribution in [0.25, 0.3) is 0 Å². The van der Waals surface area contributed by atoms with Crippen LogP contribution in [-0.4, -0.2) is 11.9 Å². The second-order valence-electron chi connectivity index (χ2n) is 3.37. The summed E-state index contributed by atoms with van der Waals surface area (Å²) in [6, 6.07) is 2.73. The zero-order chi connectivity index (χ0) is 10.3. The van der Waals surface area contributed by atoms with E-state index in [1.807, 2.05) is 0 Å². The first kappa shape index (κ1) is 8.99. The van der Waals surface area contributed by atoms with Gasteiger partial charge in [0.2, 0.25) is 0 Å². The molecule has 1 aromatic rings. The van der Waals surface area contributed by atoms with Crippen molar-refractivity contribution in [2.45, 2.75) is 19.4 Å². The molecule has 0 aromatic heterocycles. The van der Waals surface area contributed by atoms with E-state index in [4.69, 9.17) is 10.5 Å². The maximum absolute atomic E-state index is 13.2. The molecule has 3 nitrogen and oxygen atoms in total. The highest BCUT2D eigenvalue weighted by atomic mass is 19.1. The number of carbonyl (C=O) groups excluding carboxylic acids is 1. The molecule has 2 N–H and O–H groups in total. The molecule has 1 atom stereocenters. The molecule has 0 fully saturated rings. The third-order valence-electron chi connectivity index (χ3n) is 2.35. The van der Waals surface area contributed by atoms with Crippen molar-refractivity contribution in [3.8, 4) is 5.75 Å². The summed E-state index contributed by atoms with van der Waals surface area (Å²) in [4.78, 5) is 11.0. The van der Waals surface area contributed by atoms with Gasteiger partial charge in [-0.25, -0.2) is 4.39 Å². The van der Waals surface area contributed by atoms with Crippen LogP contribution in [0.1, 0.15) is 12.5 Å². The first-order chi connectivity index (χ1) is 6.59. The Morgan fingerprint density at radius 2 is 2.36 bits per heavy atom. The summed E-state index contributed by atoms with van der Waals surface area (Å²) in [5.74, 6) is -0.442. The van der Waals surface area contributed by atoms with Gasteiger partial charge in [-0.3, -0.25) is 4.79 Å². The predicted molar refractivity (Wildman–Crippen MR) is 49.6 cm³/mol. The first-order valence-electron chi connectivity index (χ1n) is 4.33. The number of rotatable bonds is 1. The van der Waals surface area contributed by atoms with E-state index in [9.17, 15) is 9.18 Å². The normalized spacial score (nSPS) is 18.9. The summed E-state index contributed by atoms with van der Waals surface area (Å²) in [6.45, 7) is 1.42. The molecule has 0 saturated heterocycles. The van der Waals surface area contributed by atoms with Gasteiger partial charge >= 0.3 is 0 Å². The monoisotopic (exact) mass is 195 g/mol. The van der Waals surface area contributed by atoms with Gasteiger partial charge in [0, 0.05) is 17.7 Å². The predicted octanol–water partition coefficient (Wildman–Crippen LogP) is 1.30. The second kappa shape index (κ2) is 2.97. The van der Waals surface area contributed by atoms with Crippen molar-refractivity contribution in [3.63, 3.8) is 0 Å². The number of anilines is 1. The van der Waals surface area contributed by atoms with Crippen LogP contribution in [0.3, 0.4) is 0 Å². The Bertz CT molecular complexity index is 372. The Kier molecular flexibility index (Phi) is 1.91. The molecule has 1 heterocycles. The number of carbonyl (C=O) groups is 1. The lowest BCUT2D eigenvalue weighted by atomic mass is 10.1. The minimum absolute atomic E-state index is 0.111. The molecule has 0 spiro atoms. The van der Waals surface area contributed by atoms with Crippen molar-refractivity contribution in [3.05, 3.63) is 23.5 Å². The minimum Gasteiger partial charge on any atom is -0.479 e. The van der Waals surface area contributed by atoms with Gasteiger partial charge in [0.1, 0.15) is 0 Å². The Morgan fingerprint density at radius 1 is 1.64 bits per heavy atom. The average Bonchev–Trinajstić information content (AvgIpc) is 2.57. The van der Waals surface area contributed by atoms with Crippen molar-refractivity contribution in [1.82, 2.24) is 0 Å². The largest absolute Gasteiger partial charge is 0.479 e. The van der Waals surface area contributed by atoms with Crippen molar-refractivity contribution in [1.29, 1.82) is 0 Å². The molecule has 2 rings (SSSR count). The van der Waals surface area contributed by atoms with Crippen LogP contribution in [0.2, 0.25) is 0 Å². The number of ether oxygens (including phenoxy) is 1. The number of hydrogen-bond donors (Lipinski definition) is 1. The van der Waals surface area contributed by atoms with Crippen LogP contribution in [0.4, 0.5) is 10.1 Å². The molecule has 0 bridgehead atoms. The Hall–Kier alpha value is -1.58. The zero-order valence-corrected chi connectivity index (χ0v) is 7.71. The summed E-state index contributed by atoms with van der Waals surface area (Å²) < 4.78 is 18.4. The van der Waals surface area contributed by atoms with Gasteiger partial charge in [0.15, 0.2) is 23.5 Å². The number of ketones is 1. The lowest BCUT2D eigenvalue weighted by molar-refractivity contribution is -0.122. The van der Waals surface area contributed by atoms with E-state index in [1.165, 1.54) is 19.1 Å². The number of nitrogen functional groups attached to an aromatic ring is 1. The van der Waals surface area contributed by atoms with Crippen LogP contribution >= 0.6 is 0 Å². The maximum atomic E-state index is 13.2. The summed E-state index contributed by atoms with van der Waals surface area (Å²) >= 11 is 0. The molecule has 0 aliphatic carbocycles. The molecule has 1 aromatic carbocycles. The van der Waals surface area contributed by atoms with E-state index >= 15 is 0 Å². The third-order valence-corrected chi connectivity index (χ3v) is 2.35. The smallest absolute Gasteiger partial charge is 0.170 e. The Balaban J connectivity index is 2.43. The molecule has 1 aliphatic rings. The highest BCUT2D eigenvalue weighted by Gasteiger charge is 2.30. The van der Waals surface area contributed by atoms with Gasteiger partial charge in [0.25, 0.3) is 0 Å². The molecule has 0 radical (unpaired) electrons. The first-order valence-corrected chi connectivity index (χ1v) is 4.33. The lowest BCUT2D eigenvalue weighted by Crippen LogP contribution is -2.22. The number of hydrogen-bond acceptors (Lipinski definition) is 3. The van der Waals surface area contributed by atoms with Crippen molar-refractivity contribution < 1.29 is 13.9 Å². The van der Waals surface area contributed by atoms with Crippen LogP contribution in [0.5, 0.6) is 5.75 Å². The van der Waals surface area contributed by atoms with Gasteiger partial charge in [-0.15, -0.1) is 0 Å². The van der Waals surface area contributed by atoms with Crippen LogP contribution in [0, 0.1) is 5.82 Å². The highest BCUT2D eigenvalue weighted by Crippen LogP contribution is 2.35. The SMILES string of the molecule is CC(=O)C1Cc2c(N)ccc(F)c2O1. The van der Waals surface area contributed by atoms with Crippen molar-refractivity contribution in [2.75, 3.05) is 5.73 Å². The molecular weight excluding hydrogens is 185 g/mol. The fourth-order valence-corrected chi connectivity index (χ4v) is 1.55. The molecule has 74 valence electrons. The standard InChI is InChI=1S/C10H10FNO2/c1-5(13)9-4-6-8(12)3-2-7(11)10(6)14-9/h2-3,9H,4,12H2,1H3. The third kappa shape index (κ3) is 1.23. The summed E-state index contributed by atoms with van der Waals surface area (Å²) in [5, 5.41) is 0. The van der Waals surface area contributed by atoms with Crippen LogP contribution in [0.15, 0.2) is 12.1 Å². The van der Waals surface area contributed by atoms with E-state index in [0.29, 0.717) is 17.7 Å². The van der Waals surface area contributed by atoms with E-state index in [1.54, 1.807) is 0 Å². The molecule has 1 aliphatic heterocycles. The van der Waals surface area contributed by atoms with Gasteiger partial charge < -0.3 is 10.5 Å². The quantitative estimate of drug-likeness (QED) is 0.687. The second-order valence-corrected chi connectivity index (χ2v) is 3.37. The number of Topliss-reactive ketones (excluding diaryl/α,β-unsaturated/α-hetero) is 1. The molecule has 0 saturated carbocycles. The molecule has 0 amide bonds. The summed E-state index contributed by atoms with van der Waals surface area (Å²) in [7, 11) is 0. The van der Waals surface area contributed by atoms with E-state index in [-0.39, 0.29) is 11.5 Å². The summed E-state index contributed by atoms with van der Waals surface area (Å²) in [6.07, 6.45) is -0.210. The number of halogens is 1. The fraction of sp³-hybridized carbons (Fsp3) is 0.300. The van der Waals surface area contributed by atoms with Gasteiger partial charge in [-0.05, 0) is 19.1 Å². The summed E-state index contributed by atoms with van der Waals surface area (Å²) in [5.41, 5.74) is 6.72. The lowest BCUT2D eigenvalue weighted by Gasteiger charge is -2.05. The topological polar surface area (TPSA) is 52.3 Å². The van der Waals surface area contributed by atoms with E-state index in [2.05, 4.69) is 0 Å².